The molecule has 1 heterocycles. The van der Waals surface area contributed by atoms with Crippen molar-refractivity contribution in [2.24, 2.45) is 0 Å². The average molecular weight is 189 g/mol. The van der Waals surface area contributed by atoms with E-state index in [2.05, 4.69) is 18.7 Å². The summed E-state index contributed by atoms with van der Waals surface area (Å²) in [5, 5.41) is 0. The highest BCUT2D eigenvalue weighted by molar-refractivity contribution is 6.03. The quantitative estimate of drug-likeness (QED) is 0.676. The van der Waals surface area contributed by atoms with Crippen LogP contribution in [0.2, 0.25) is 0 Å². The molecule has 1 aliphatic rings. The molecule has 1 aromatic carbocycles. The second-order valence-electron chi connectivity index (χ2n) is 3.98. The monoisotopic (exact) mass is 189 g/mol. The molecule has 0 aliphatic carbocycles. The number of Topliss-reactive ketones (excluding diaryl/α,β-unsaturated/α-hetero) is 1. The maximum atomic E-state index is 11.6. The fourth-order valence-corrected chi connectivity index (χ4v) is 1.97. The van der Waals surface area contributed by atoms with Gasteiger partial charge in [0.15, 0.2) is 5.78 Å². The van der Waals surface area contributed by atoms with Gasteiger partial charge in [-0.3, -0.25) is 4.79 Å². The normalized spacial score (nSPS) is 15.9. The van der Waals surface area contributed by atoms with Crippen LogP contribution in [0.5, 0.6) is 0 Å². The molecule has 1 aliphatic heterocycles. The lowest BCUT2D eigenvalue weighted by atomic mass is 9.99. The van der Waals surface area contributed by atoms with E-state index in [4.69, 9.17) is 0 Å². The molecular weight excluding hydrogens is 174 g/mol. The van der Waals surface area contributed by atoms with E-state index >= 15 is 0 Å². The number of hydrogen-bond acceptors (Lipinski definition) is 2. The van der Waals surface area contributed by atoms with Crippen LogP contribution in [0.3, 0.4) is 0 Å². The summed E-state index contributed by atoms with van der Waals surface area (Å²) in [4.78, 5) is 13.9. The average Bonchev–Trinajstić information content (AvgIpc) is 2.18. The van der Waals surface area contributed by atoms with Crippen LogP contribution in [0.15, 0.2) is 24.3 Å². The molecule has 0 amide bonds. The Kier molecular flexibility index (Phi) is 2.28. The van der Waals surface area contributed by atoms with E-state index in [1.807, 2.05) is 24.3 Å². The van der Waals surface area contributed by atoms with Crippen LogP contribution in [0, 0.1) is 0 Å². The molecule has 0 spiro atoms. The summed E-state index contributed by atoms with van der Waals surface area (Å²) >= 11 is 0. The van der Waals surface area contributed by atoms with Crippen LogP contribution >= 0.6 is 0 Å². The smallest absolute Gasteiger partial charge is 0.166 e. The lowest BCUT2D eigenvalue weighted by Gasteiger charge is -2.33. The first-order valence-corrected chi connectivity index (χ1v) is 5.09. The van der Waals surface area contributed by atoms with Crippen molar-refractivity contribution in [3.8, 4) is 0 Å². The Bertz CT molecular complexity index is 357. The van der Waals surface area contributed by atoms with E-state index in [9.17, 15) is 4.79 Å². The molecule has 0 aromatic heterocycles. The topological polar surface area (TPSA) is 20.3 Å². The van der Waals surface area contributed by atoms with Crippen LogP contribution in [0.1, 0.15) is 30.6 Å². The molecule has 0 unspecified atom stereocenters. The number of fused-ring (bicyclic) bond motifs is 1. The van der Waals surface area contributed by atoms with Gasteiger partial charge < -0.3 is 4.90 Å². The molecule has 2 nitrogen and oxygen atoms in total. The van der Waals surface area contributed by atoms with Crippen molar-refractivity contribution in [3.63, 3.8) is 0 Å². The summed E-state index contributed by atoms with van der Waals surface area (Å²) in [6.45, 7) is 5.17. The van der Waals surface area contributed by atoms with Gasteiger partial charge in [-0.25, -0.2) is 0 Å². The van der Waals surface area contributed by atoms with Crippen molar-refractivity contribution in [2.75, 3.05) is 11.4 Å². The lowest BCUT2D eigenvalue weighted by Crippen LogP contribution is -2.37. The van der Waals surface area contributed by atoms with Crippen molar-refractivity contribution in [1.29, 1.82) is 0 Å². The van der Waals surface area contributed by atoms with Gasteiger partial charge in [-0.2, -0.15) is 0 Å². The van der Waals surface area contributed by atoms with Gasteiger partial charge in [-0.05, 0) is 26.0 Å². The number of nitrogens with zero attached hydrogens (tertiary/aromatic N) is 1. The highest BCUT2D eigenvalue weighted by atomic mass is 16.1. The van der Waals surface area contributed by atoms with E-state index in [-0.39, 0.29) is 5.78 Å². The van der Waals surface area contributed by atoms with Crippen molar-refractivity contribution < 1.29 is 4.79 Å². The van der Waals surface area contributed by atoms with E-state index in [0.29, 0.717) is 12.5 Å². The minimum absolute atomic E-state index is 0.275. The van der Waals surface area contributed by atoms with Crippen molar-refractivity contribution >= 4 is 11.5 Å². The molecule has 2 heteroatoms. The zero-order chi connectivity index (χ0) is 10.1. The Hall–Kier alpha value is -1.31. The number of anilines is 1. The fraction of sp³-hybridized carbons (Fsp3) is 0.417. The van der Waals surface area contributed by atoms with Gasteiger partial charge in [-0.15, -0.1) is 0 Å². The van der Waals surface area contributed by atoms with E-state index in [1.165, 1.54) is 0 Å². The number of benzene rings is 1. The highest BCUT2D eigenvalue weighted by Crippen LogP contribution is 2.27. The second-order valence-corrected chi connectivity index (χ2v) is 3.98. The molecule has 0 N–H and O–H groups in total. The molecule has 0 radical (unpaired) electrons. The van der Waals surface area contributed by atoms with Crippen LogP contribution in [0.4, 0.5) is 5.69 Å². The number of ketones is 1. The number of para-hydroxylation sites is 1. The summed E-state index contributed by atoms with van der Waals surface area (Å²) in [6, 6.07) is 8.34. The zero-order valence-electron chi connectivity index (χ0n) is 8.66. The molecule has 0 saturated carbocycles. The molecular formula is C12H15NO. The largest absolute Gasteiger partial charge is 0.368 e. The first-order valence-electron chi connectivity index (χ1n) is 5.09. The Balaban J connectivity index is 2.46. The Morgan fingerprint density at radius 3 is 2.71 bits per heavy atom. The minimum atomic E-state index is 0.275. The van der Waals surface area contributed by atoms with Crippen molar-refractivity contribution in [3.05, 3.63) is 29.8 Å². The third kappa shape index (κ3) is 1.41. The van der Waals surface area contributed by atoms with Gasteiger partial charge in [0, 0.05) is 30.3 Å². The van der Waals surface area contributed by atoms with E-state index in [1.54, 1.807) is 0 Å². The predicted molar refractivity (Wildman–Crippen MR) is 57.9 cm³/mol. The predicted octanol–water partition coefficient (Wildman–Crippen LogP) is 2.49. The molecule has 0 saturated heterocycles. The van der Waals surface area contributed by atoms with E-state index in [0.717, 1.165) is 17.8 Å². The van der Waals surface area contributed by atoms with Crippen molar-refractivity contribution in [2.45, 2.75) is 26.3 Å². The molecule has 14 heavy (non-hydrogen) atoms. The molecule has 1 aromatic rings. The van der Waals surface area contributed by atoms with Crippen LogP contribution in [-0.4, -0.2) is 18.4 Å². The summed E-state index contributed by atoms with van der Waals surface area (Å²) in [5.74, 6) is 0.275. The first-order chi connectivity index (χ1) is 6.70. The summed E-state index contributed by atoms with van der Waals surface area (Å²) < 4.78 is 0. The van der Waals surface area contributed by atoms with Gasteiger partial charge in [0.1, 0.15) is 0 Å². The Morgan fingerprint density at radius 2 is 2.00 bits per heavy atom. The highest BCUT2D eigenvalue weighted by Gasteiger charge is 2.23. The maximum absolute atomic E-state index is 11.6. The maximum Gasteiger partial charge on any atom is 0.166 e. The Morgan fingerprint density at radius 1 is 1.29 bits per heavy atom. The summed E-state index contributed by atoms with van der Waals surface area (Å²) in [6.07, 6.45) is 0.648. The first kappa shape index (κ1) is 9.25. The lowest BCUT2D eigenvalue weighted by molar-refractivity contribution is 0.0979. The molecule has 0 atom stereocenters. The van der Waals surface area contributed by atoms with Gasteiger partial charge in [0.2, 0.25) is 0 Å². The summed E-state index contributed by atoms with van der Waals surface area (Å²) in [5.41, 5.74) is 1.98. The zero-order valence-corrected chi connectivity index (χ0v) is 8.66. The SMILES string of the molecule is CC(C)N1CCC(=O)c2ccccc21. The van der Waals surface area contributed by atoms with Crippen LogP contribution in [-0.2, 0) is 0 Å². The number of hydrogen-bond donors (Lipinski definition) is 0. The van der Waals surface area contributed by atoms with E-state index < -0.39 is 0 Å². The summed E-state index contributed by atoms with van der Waals surface area (Å²) in [7, 11) is 0. The third-order valence-corrected chi connectivity index (χ3v) is 2.72. The second kappa shape index (κ2) is 3.45. The van der Waals surface area contributed by atoms with Gasteiger partial charge >= 0.3 is 0 Å². The van der Waals surface area contributed by atoms with Gasteiger partial charge in [0.05, 0.1) is 0 Å². The minimum Gasteiger partial charge on any atom is -0.368 e. The third-order valence-electron chi connectivity index (χ3n) is 2.72. The Labute approximate surface area is 84.5 Å². The number of rotatable bonds is 1. The standard InChI is InChI=1S/C12H15NO/c1-9(2)13-8-7-12(14)10-5-3-4-6-11(10)13/h3-6,9H,7-8H2,1-2H3. The number of carbonyl (C=O) groups excluding carboxylic acids is 1. The van der Waals surface area contributed by atoms with Crippen LogP contribution < -0.4 is 4.90 Å². The molecule has 74 valence electrons. The molecule has 0 fully saturated rings. The van der Waals surface area contributed by atoms with Gasteiger partial charge in [-0.1, -0.05) is 12.1 Å². The van der Waals surface area contributed by atoms with Crippen LogP contribution in [0.25, 0.3) is 0 Å². The van der Waals surface area contributed by atoms with Crippen molar-refractivity contribution in [1.82, 2.24) is 0 Å². The molecule has 0 bridgehead atoms. The number of carbonyl (C=O) groups is 1. The van der Waals surface area contributed by atoms with Gasteiger partial charge in [0.25, 0.3) is 0 Å². The molecule has 2 rings (SSSR count). The fourth-order valence-electron chi connectivity index (χ4n) is 1.97.